The first kappa shape index (κ1) is 34.3. The summed E-state index contributed by atoms with van der Waals surface area (Å²) < 4.78 is 16.8. The number of rotatable bonds is 9. The minimum atomic E-state index is -2.22. The van der Waals surface area contributed by atoms with Crippen LogP contribution in [0.25, 0.3) is 0 Å². The number of aliphatic hydroxyl groups excluding tert-OH is 2. The van der Waals surface area contributed by atoms with Gasteiger partial charge in [0, 0.05) is 61.1 Å². The average molecular weight is 693 g/mol. The van der Waals surface area contributed by atoms with Crippen LogP contribution >= 0.6 is 0 Å². The molecule has 17 heteroatoms. The smallest absolute Gasteiger partial charge is 0.253 e. The molecule has 0 fully saturated rings. The summed E-state index contributed by atoms with van der Waals surface area (Å²) in [6.07, 6.45) is -1.09. The molecule has 2 heterocycles. The van der Waals surface area contributed by atoms with Gasteiger partial charge < -0.3 is 45.5 Å². The van der Waals surface area contributed by atoms with Crippen molar-refractivity contribution in [2.45, 2.75) is 49.7 Å². The van der Waals surface area contributed by atoms with Gasteiger partial charge in [0.15, 0.2) is 5.78 Å². The molecule has 2 aromatic rings. The quantitative estimate of drug-likeness (QED) is 0.0667. The summed E-state index contributed by atoms with van der Waals surface area (Å²) >= 11 is 0. The number of phenols is 2. The number of hydrazone groups is 1. The van der Waals surface area contributed by atoms with Crippen molar-refractivity contribution in [3.63, 3.8) is 0 Å². The van der Waals surface area contributed by atoms with Gasteiger partial charge in [0.25, 0.3) is 11.8 Å². The van der Waals surface area contributed by atoms with Crippen LogP contribution in [0.2, 0.25) is 0 Å². The van der Waals surface area contributed by atoms with E-state index in [1.807, 2.05) is 0 Å². The predicted octanol–water partition coefficient (Wildman–Crippen LogP) is -0.130. The second-order valence-electron chi connectivity index (χ2n) is 12.0. The minimum absolute atomic E-state index is 0.0580. The molecule has 17 nitrogen and oxygen atoms in total. The monoisotopic (exact) mass is 692 g/mol. The molecule has 50 heavy (non-hydrogen) atoms. The van der Waals surface area contributed by atoms with Crippen LogP contribution in [-0.2, 0) is 30.3 Å². The Hall–Kier alpha value is -5.62. The van der Waals surface area contributed by atoms with E-state index in [4.69, 9.17) is 19.9 Å². The van der Waals surface area contributed by atoms with Crippen LogP contribution in [0.1, 0.15) is 68.3 Å². The molecule has 0 aromatic heterocycles. The number of nitrogens with two attached hydrogens (primary N) is 1. The number of nitrogens with zero attached hydrogens (tertiary/aromatic N) is 2. The highest BCUT2D eigenvalue weighted by atomic mass is 16.7. The van der Waals surface area contributed by atoms with Crippen LogP contribution in [0.15, 0.2) is 47.5 Å². The van der Waals surface area contributed by atoms with Crippen molar-refractivity contribution >= 4 is 35.0 Å². The summed E-state index contributed by atoms with van der Waals surface area (Å²) in [5.41, 5.74) is 3.79. The average Bonchev–Trinajstić information content (AvgIpc) is 3.41. The van der Waals surface area contributed by atoms with Gasteiger partial charge in [-0.2, -0.15) is 5.10 Å². The highest BCUT2D eigenvalue weighted by Gasteiger charge is 2.49. The lowest BCUT2D eigenvalue weighted by Gasteiger charge is -2.41. The number of aliphatic hydroxyl groups is 3. The van der Waals surface area contributed by atoms with Gasteiger partial charge in [0.2, 0.25) is 18.0 Å². The topological polar surface area (TPSA) is 268 Å². The van der Waals surface area contributed by atoms with Gasteiger partial charge in [0.1, 0.15) is 34.9 Å². The fraction of sp³-hybridized carbons (Fsp3) is 0.333. The Kier molecular flexibility index (Phi) is 8.91. The van der Waals surface area contributed by atoms with Gasteiger partial charge in [0.05, 0.1) is 48.3 Å². The zero-order valence-electron chi connectivity index (χ0n) is 26.4. The van der Waals surface area contributed by atoms with E-state index in [1.54, 1.807) is 0 Å². The van der Waals surface area contributed by atoms with Gasteiger partial charge in [-0.1, -0.05) is 12.1 Å². The van der Waals surface area contributed by atoms with Gasteiger partial charge in [-0.25, -0.2) is 5.43 Å². The molecule has 2 aliphatic carbocycles. The van der Waals surface area contributed by atoms with Crippen molar-refractivity contribution in [3.8, 4) is 17.2 Å². The second kappa shape index (κ2) is 13.0. The Morgan fingerprint density at radius 2 is 1.78 bits per heavy atom. The van der Waals surface area contributed by atoms with E-state index in [9.17, 15) is 49.5 Å². The number of hydrogen-bond acceptors (Lipinski definition) is 15. The number of ketones is 2. The minimum Gasteiger partial charge on any atom is -0.507 e. The van der Waals surface area contributed by atoms with Crippen molar-refractivity contribution in [1.29, 1.82) is 0 Å². The number of carbonyl (C=O) groups is 5. The highest BCUT2D eigenvalue weighted by Crippen LogP contribution is 2.52. The first-order chi connectivity index (χ1) is 23.8. The first-order valence-electron chi connectivity index (χ1n) is 15.3. The molecule has 0 saturated heterocycles. The SMILES string of the molecule is COc1cccc2c1C(=O)c1c(O)c3c(c(O)c1C2=O)CC(O)(/C(CO)=N/NC(=O)CCN1C(=O)C=CC1=O)CC3OC1CC(N)C(O)=CO1. The number of fused-ring (bicyclic) bond motifs is 3. The van der Waals surface area contributed by atoms with Crippen LogP contribution in [0.4, 0.5) is 0 Å². The molecule has 2 aromatic carbocycles. The molecule has 0 radical (unpaired) electrons. The van der Waals surface area contributed by atoms with E-state index in [2.05, 4.69) is 10.5 Å². The third kappa shape index (κ3) is 5.75. The molecule has 8 N–H and O–H groups in total. The van der Waals surface area contributed by atoms with E-state index in [0.717, 1.165) is 23.3 Å². The normalized spacial score (nSPS) is 24.3. The van der Waals surface area contributed by atoms with Crippen LogP contribution in [0, 0.1) is 0 Å². The number of benzene rings is 2. The zero-order valence-corrected chi connectivity index (χ0v) is 26.4. The molecule has 262 valence electrons. The first-order valence-corrected chi connectivity index (χ1v) is 15.3. The van der Waals surface area contributed by atoms with Gasteiger partial charge >= 0.3 is 0 Å². The number of amides is 3. The van der Waals surface area contributed by atoms with Crippen LogP contribution in [0.3, 0.4) is 0 Å². The molecule has 2 aliphatic heterocycles. The molecular weight excluding hydrogens is 660 g/mol. The standard InChI is InChI=1S/C33H32N4O13/c1-48-18-4-2-3-14-25(18)31(45)28-27(29(14)43)30(44)15-10-33(47,11-19(26(15)32(28)46)50-24-9-16(34)17(39)13-49-24)20(12-38)35-36-21(40)7-8-37-22(41)5-6-23(37)42/h2-6,13,16,19,24,38-39,44,46-47H,7-12,34H2,1H3,(H,36,40)/b35-20+. The van der Waals surface area contributed by atoms with Gasteiger partial charge in [-0.15, -0.1) is 0 Å². The summed E-state index contributed by atoms with van der Waals surface area (Å²) in [5, 5.41) is 59.5. The van der Waals surface area contributed by atoms with Crippen LogP contribution in [0.5, 0.6) is 17.2 Å². The maximum absolute atomic E-state index is 13.9. The summed E-state index contributed by atoms with van der Waals surface area (Å²) in [7, 11) is 1.30. The van der Waals surface area contributed by atoms with E-state index < -0.39 is 101 Å². The molecule has 6 rings (SSSR count). The van der Waals surface area contributed by atoms with Crippen molar-refractivity contribution < 1.29 is 63.7 Å². The second-order valence-corrected chi connectivity index (χ2v) is 12.0. The zero-order chi connectivity index (χ0) is 36.1. The Bertz CT molecular complexity index is 1920. The molecule has 4 atom stereocenters. The lowest BCUT2D eigenvalue weighted by molar-refractivity contribution is -0.170. The predicted molar refractivity (Wildman–Crippen MR) is 168 cm³/mol. The maximum Gasteiger partial charge on any atom is 0.253 e. The Labute approximate surface area is 282 Å². The van der Waals surface area contributed by atoms with Crippen LogP contribution in [-0.4, -0.2) is 104 Å². The summed E-state index contributed by atoms with van der Waals surface area (Å²) in [6.45, 7) is -1.20. The number of aromatic hydroxyl groups is 2. The number of imide groups is 1. The molecule has 3 amide bonds. The fourth-order valence-corrected chi connectivity index (χ4v) is 6.48. The molecule has 0 spiro atoms. The number of ether oxygens (including phenoxy) is 3. The number of hydrogen-bond donors (Lipinski definition) is 7. The Morgan fingerprint density at radius 1 is 1.08 bits per heavy atom. The van der Waals surface area contributed by atoms with Gasteiger partial charge in [-0.05, 0) is 6.07 Å². The maximum atomic E-state index is 13.9. The van der Waals surface area contributed by atoms with Crippen molar-refractivity contribution in [2.24, 2.45) is 10.8 Å². The Balaban J connectivity index is 1.39. The summed E-state index contributed by atoms with van der Waals surface area (Å²) in [5.74, 6) is -5.27. The molecule has 0 saturated carbocycles. The fourth-order valence-electron chi connectivity index (χ4n) is 6.48. The third-order valence-electron chi connectivity index (χ3n) is 9.02. The van der Waals surface area contributed by atoms with Crippen molar-refractivity contribution in [3.05, 3.63) is 75.8 Å². The summed E-state index contributed by atoms with van der Waals surface area (Å²) in [4.78, 5) is 64.7. The lowest BCUT2D eigenvalue weighted by Crippen LogP contribution is -2.49. The molecule has 0 bridgehead atoms. The lowest BCUT2D eigenvalue weighted by atomic mass is 9.71. The Morgan fingerprint density at radius 3 is 2.44 bits per heavy atom. The number of carbonyl (C=O) groups excluding carboxylic acids is 5. The number of nitrogens with one attached hydrogen (secondary N) is 1. The highest BCUT2D eigenvalue weighted by molar-refractivity contribution is 6.31. The van der Waals surface area contributed by atoms with E-state index in [0.29, 0.717) is 0 Å². The molecule has 4 aliphatic rings. The van der Waals surface area contributed by atoms with Crippen molar-refractivity contribution in [1.82, 2.24) is 10.3 Å². The van der Waals surface area contributed by atoms with E-state index >= 15 is 0 Å². The summed E-state index contributed by atoms with van der Waals surface area (Å²) in [6, 6.07) is 3.39. The van der Waals surface area contributed by atoms with Crippen molar-refractivity contribution in [2.75, 3.05) is 20.3 Å². The largest absolute Gasteiger partial charge is 0.507 e. The van der Waals surface area contributed by atoms with E-state index in [-0.39, 0.29) is 53.1 Å². The van der Waals surface area contributed by atoms with Crippen LogP contribution < -0.4 is 15.9 Å². The molecule has 4 unspecified atom stereocenters. The van der Waals surface area contributed by atoms with Gasteiger partial charge in [-0.3, -0.25) is 28.9 Å². The van der Waals surface area contributed by atoms with E-state index in [1.165, 1.54) is 25.3 Å². The number of phenolic OH excluding ortho intramolecular Hbond substituents is 2. The molecular formula is C33H32N4O13. The number of methoxy groups -OCH3 is 1. The third-order valence-corrected chi connectivity index (χ3v) is 9.02.